The number of nitrogens with one attached hydrogen (secondary N) is 1. The summed E-state index contributed by atoms with van der Waals surface area (Å²) >= 11 is 3.05. The number of rotatable bonds is 3. The van der Waals surface area contributed by atoms with Crippen LogP contribution in [0.15, 0.2) is 22.8 Å². The number of aromatic carboxylic acids is 1. The predicted molar refractivity (Wildman–Crippen MR) is 73.2 cm³/mol. The lowest BCUT2D eigenvalue weighted by Gasteiger charge is -2.12. The Labute approximate surface area is 130 Å². The quantitative estimate of drug-likeness (QED) is 0.805. The zero-order valence-corrected chi connectivity index (χ0v) is 12.1. The van der Waals surface area contributed by atoms with Crippen molar-refractivity contribution >= 4 is 33.4 Å². The normalized spacial score (nSPS) is 10.1. The average Bonchev–Trinajstić information content (AvgIpc) is 2.48. The van der Waals surface area contributed by atoms with Gasteiger partial charge in [0.15, 0.2) is 17.5 Å². The summed E-state index contributed by atoms with van der Waals surface area (Å²) in [6, 6.07) is 3.52. The van der Waals surface area contributed by atoms with Crippen LogP contribution in [0, 0.1) is 28.8 Å². The topological polar surface area (TPSA) is 86.0 Å². The molecule has 0 aliphatic rings. The van der Waals surface area contributed by atoms with E-state index < -0.39 is 34.7 Å². The fourth-order valence-corrected chi connectivity index (χ4v) is 2.04. The van der Waals surface area contributed by atoms with Gasteiger partial charge in [0, 0.05) is 6.20 Å². The Morgan fingerprint density at radius 1 is 1.32 bits per heavy atom. The molecule has 0 unspecified atom stereocenters. The molecule has 0 aliphatic carbocycles. The Bertz CT molecular complexity index is 821. The molecule has 2 N–H and O–H groups in total. The first-order chi connectivity index (χ1) is 10.3. The summed E-state index contributed by atoms with van der Waals surface area (Å²) in [5, 5.41) is 20.0. The summed E-state index contributed by atoms with van der Waals surface area (Å²) in [6.45, 7) is 0. The molecule has 112 valence electrons. The van der Waals surface area contributed by atoms with Gasteiger partial charge in [-0.05, 0) is 28.1 Å². The number of anilines is 2. The van der Waals surface area contributed by atoms with Crippen molar-refractivity contribution in [2.45, 2.75) is 0 Å². The highest BCUT2D eigenvalue weighted by atomic mass is 79.9. The molecule has 5 nitrogen and oxygen atoms in total. The van der Waals surface area contributed by atoms with E-state index in [0.29, 0.717) is 6.07 Å². The van der Waals surface area contributed by atoms with Gasteiger partial charge in [-0.3, -0.25) is 0 Å². The van der Waals surface area contributed by atoms with E-state index in [0.717, 1.165) is 6.20 Å². The molecule has 22 heavy (non-hydrogen) atoms. The highest BCUT2D eigenvalue weighted by molar-refractivity contribution is 9.10. The minimum absolute atomic E-state index is 0.0635. The number of nitriles is 1. The Morgan fingerprint density at radius 2 is 2.00 bits per heavy atom. The van der Waals surface area contributed by atoms with E-state index in [9.17, 15) is 18.0 Å². The molecule has 0 radical (unpaired) electrons. The zero-order valence-electron chi connectivity index (χ0n) is 10.5. The maximum atomic E-state index is 13.8. The smallest absolute Gasteiger partial charge is 0.338 e. The molecule has 0 aliphatic heterocycles. The molecule has 0 bridgehead atoms. The maximum Gasteiger partial charge on any atom is 0.338 e. The fraction of sp³-hybridized carbons (Fsp3) is 0. The summed E-state index contributed by atoms with van der Waals surface area (Å²) in [5.74, 6) is -6.82. The number of carbonyl (C=O) groups is 1. The van der Waals surface area contributed by atoms with Crippen LogP contribution >= 0.6 is 15.9 Å². The van der Waals surface area contributed by atoms with Gasteiger partial charge < -0.3 is 10.4 Å². The van der Waals surface area contributed by atoms with Crippen LogP contribution in [-0.2, 0) is 0 Å². The lowest BCUT2D eigenvalue weighted by molar-refractivity contribution is 0.0696. The van der Waals surface area contributed by atoms with Gasteiger partial charge in [-0.1, -0.05) is 0 Å². The van der Waals surface area contributed by atoms with Crippen molar-refractivity contribution in [2.75, 3.05) is 5.32 Å². The van der Waals surface area contributed by atoms with Gasteiger partial charge in [0.05, 0.1) is 21.3 Å². The molecular formula is C13H5BrF3N3O2. The van der Waals surface area contributed by atoms with Gasteiger partial charge >= 0.3 is 5.97 Å². The van der Waals surface area contributed by atoms with Crippen LogP contribution in [-0.4, -0.2) is 16.1 Å². The van der Waals surface area contributed by atoms with Crippen molar-refractivity contribution in [3.63, 3.8) is 0 Å². The number of pyridine rings is 1. The van der Waals surface area contributed by atoms with Gasteiger partial charge in [0.2, 0.25) is 0 Å². The molecule has 1 aromatic heterocycles. The third kappa shape index (κ3) is 2.87. The number of hydrogen-bond donors (Lipinski definition) is 2. The predicted octanol–water partition coefficient (Wildman–Crippen LogP) is 3.57. The van der Waals surface area contributed by atoms with Crippen molar-refractivity contribution in [2.24, 2.45) is 0 Å². The van der Waals surface area contributed by atoms with Crippen LogP contribution in [0.1, 0.15) is 15.9 Å². The zero-order chi connectivity index (χ0) is 16.4. The third-order valence-corrected chi connectivity index (χ3v) is 3.21. The maximum absolute atomic E-state index is 13.8. The molecule has 1 aromatic carbocycles. The Kier molecular flexibility index (Phi) is 4.32. The van der Waals surface area contributed by atoms with Crippen LogP contribution in [0.25, 0.3) is 0 Å². The number of aromatic nitrogens is 1. The second-order valence-electron chi connectivity index (χ2n) is 4.01. The number of hydrogen-bond acceptors (Lipinski definition) is 4. The molecule has 1 heterocycles. The molecule has 0 saturated carbocycles. The lowest BCUT2D eigenvalue weighted by Crippen LogP contribution is -2.09. The Balaban J connectivity index is 2.56. The van der Waals surface area contributed by atoms with E-state index >= 15 is 0 Å². The second-order valence-corrected chi connectivity index (χ2v) is 4.86. The minimum atomic E-state index is -1.81. The molecule has 9 heteroatoms. The molecule has 0 atom stereocenters. The Morgan fingerprint density at radius 3 is 2.55 bits per heavy atom. The largest absolute Gasteiger partial charge is 0.478 e. The minimum Gasteiger partial charge on any atom is -0.478 e. The average molecular weight is 372 g/mol. The van der Waals surface area contributed by atoms with Crippen LogP contribution in [0.5, 0.6) is 0 Å². The molecule has 0 saturated heterocycles. The molecule has 0 amide bonds. The van der Waals surface area contributed by atoms with Crippen molar-refractivity contribution in [3.05, 3.63) is 51.4 Å². The lowest BCUT2D eigenvalue weighted by atomic mass is 10.1. The third-order valence-electron chi connectivity index (χ3n) is 2.61. The SMILES string of the molecule is N#Cc1cnc(Nc2c(C(=O)O)cc(F)c(F)c2F)c(Br)c1. The number of benzene rings is 1. The van der Waals surface area contributed by atoms with E-state index in [1.165, 1.54) is 6.07 Å². The summed E-state index contributed by atoms with van der Waals surface area (Å²) < 4.78 is 40.5. The van der Waals surface area contributed by atoms with Crippen molar-refractivity contribution in [1.29, 1.82) is 5.26 Å². The molecule has 0 spiro atoms. The van der Waals surface area contributed by atoms with Crippen molar-refractivity contribution in [3.8, 4) is 6.07 Å². The second kappa shape index (κ2) is 6.03. The van der Waals surface area contributed by atoms with Gasteiger partial charge in [-0.15, -0.1) is 0 Å². The first-order valence-electron chi connectivity index (χ1n) is 5.58. The van der Waals surface area contributed by atoms with E-state index in [1.54, 1.807) is 0 Å². The summed E-state index contributed by atoms with van der Waals surface area (Å²) in [4.78, 5) is 14.8. The van der Waals surface area contributed by atoms with Crippen LogP contribution in [0.3, 0.4) is 0 Å². The molecule has 2 aromatic rings. The van der Waals surface area contributed by atoms with Crippen molar-refractivity contribution < 1.29 is 23.1 Å². The van der Waals surface area contributed by atoms with Gasteiger partial charge in [0.1, 0.15) is 11.9 Å². The summed E-state index contributed by atoms with van der Waals surface area (Å²) in [7, 11) is 0. The highest BCUT2D eigenvalue weighted by Crippen LogP contribution is 2.30. The number of nitrogens with zero attached hydrogens (tertiary/aromatic N) is 2. The molecular weight excluding hydrogens is 367 g/mol. The monoisotopic (exact) mass is 371 g/mol. The van der Waals surface area contributed by atoms with Crippen molar-refractivity contribution in [1.82, 2.24) is 4.98 Å². The van der Waals surface area contributed by atoms with Crippen LogP contribution in [0.2, 0.25) is 0 Å². The fourth-order valence-electron chi connectivity index (χ4n) is 1.60. The summed E-state index contributed by atoms with van der Waals surface area (Å²) in [6.07, 6.45) is 1.14. The van der Waals surface area contributed by atoms with Gasteiger partial charge in [0.25, 0.3) is 0 Å². The van der Waals surface area contributed by atoms with Gasteiger partial charge in [-0.2, -0.15) is 5.26 Å². The van der Waals surface area contributed by atoms with Crippen LogP contribution in [0.4, 0.5) is 24.7 Å². The van der Waals surface area contributed by atoms with E-state index in [-0.39, 0.29) is 15.9 Å². The van der Waals surface area contributed by atoms with E-state index in [1.807, 2.05) is 6.07 Å². The first-order valence-corrected chi connectivity index (χ1v) is 6.38. The number of halogens is 4. The number of carboxylic acids is 1. The van der Waals surface area contributed by atoms with Gasteiger partial charge in [-0.25, -0.2) is 22.9 Å². The van der Waals surface area contributed by atoms with E-state index in [2.05, 4.69) is 26.2 Å². The Hall–Kier alpha value is -2.60. The summed E-state index contributed by atoms with van der Waals surface area (Å²) in [5.41, 5.74) is -1.37. The first kappa shape index (κ1) is 15.8. The van der Waals surface area contributed by atoms with E-state index in [4.69, 9.17) is 10.4 Å². The highest BCUT2D eigenvalue weighted by Gasteiger charge is 2.23. The number of carboxylic acid groups (broad SMARTS) is 1. The molecule has 2 rings (SSSR count). The van der Waals surface area contributed by atoms with Crippen LogP contribution < -0.4 is 5.32 Å². The standard InChI is InChI=1S/C13H5BrF3N3O2/c14-7-1-5(3-18)4-19-12(7)20-11-6(13(21)22)2-8(15)9(16)10(11)17/h1-2,4H,(H,19,20)(H,21,22). The molecule has 0 fully saturated rings.